The number of nitrogens with zero attached hydrogens (tertiary/aromatic N) is 2. The zero-order valence-corrected chi connectivity index (χ0v) is 17.8. The van der Waals surface area contributed by atoms with Crippen molar-refractivity contribution in [1.29, 1.82) is 0 Å². The quantitative estimate of drug-likeness (QED) is 0.544. The van der Waals surface area contributed by atoms with E-state index in [-0.39, 0.29) is 24.4 Å². The Morgan fingerprint density at radius 2 is 1.93 bits per heavy atom. The van der Waals surface area contributed by atoms with Gasteiger partial charge in [0, 0.05) is 30.9 Å². The monoisotopic (exact) mass is 409 g/mol. The van der Waals surface area contributed by atoms with Gasteiger partial charge in [-0.2, -0.15) is 0 Å². The first kappa shape index (κ1) is 22.9. The lowest BCUT2D eigenvalue weighted by Crippen LogP contribution is -2.43. The highest BCUT2D eigenvalue weighted by molar-refractivity contribution is 5.68. The summed E-state index contributed by atoms with van der Waals surface area (Å²) in [6.07, 6.45) is -0.820. The molecule has 1 fully saturated rings. The van der Waals surface area contributed by atoms with Gasteiger partial charge >= 0.3 is 6.09 Å². The summed E-state index contributed by atoms with van der Waals surface area (Å²) in [6.45, 7) is 11.8. The minimum atomic E-state index is -0.577. The van der Waals surface area contributed by atoms with Gasteiger partial charge in [-0.25, -0.2) is 4.79 Å². The minimum absolute atomic E-state index is 0.0279. The van der Waals surface area contributed by atoms with E-state index in [1.807, 2.05) is 19.9 Å². The van der Waals surface area contributed by atoms with E-state index in [9.17, 15) is 14.9 Å². The van der Waals surface area contributed by atoms with E-state index in [4.69, 9.17) is 14.2 Å². The Labute approximate surface area is 171 Å². The van der Waals surface area contributed by atoms with E-state index in [0.717, 1.165) is 5.69 Å². The standard InChI is InChI=1S/C20H31N3O6/c1-14(21-19(24)29-20(3,4)5)15(2)28-13-16-10-17(12-18(11-16)23(25)26)22-6-8-27-9-7-22/h10-12,14-15H,6-9,13H2,1-5H3,(H,21,24)/t14-,15-/m1/s1. The summed E-state index contributed by atoms with van der Waals surface area (Å²) >= 11 is 0. The number of nitrogens with one attached hydrogen (secondary N) is 1. The number of carbonyl (C=O) groups is 1. The lowest BCUT2D eigenvalue weighted by atomic mass is 10.1. The van der Waals surface area contributed by atoms with Crippen molar-refractivity contribution >= 4 is 17.5 Å². The molecule has 1 aliphatic rings. The van der Waals surface area contributed by atoms with Crippen LogP contribution in [0.25, 0.3) is 0 Å². The van der Waals surface area contributed by atoms with Crippen LogP contribution in [0.3, 0.4) is 0 Å². The van der Waals surface area contributed by atoms with Gasteiger partial charge in [0.2, 0.25) is 0 Å². The van der Waals surface area contributed by atoms with Gasteiger partial charge in [-0.3, -0.25) is 10.1 Å². The normalized spacial score (nSPS) is 16.8. The molecule has 29 heavy (non-hydrogen) atoms. The zero-order valence-electron chi connectivity index (χ0n) is 17.8. The van der Waals surface area contributed by atoms with Crippen molar-refractivity contribution in [3.05, 3.63) is 33.9 Å². The summed E-state index contributed by atoms with van der Waals surface area (Å²) in [5, 5.41) is 14.1. The Hall–Kier alpha value is -2.39. The summed E-state index contributed by atoms with van der Waals surface area (Å²) in [7, 11) is 0. The fourth-order valence-corrected chi connectivity index (χ4v) is 2.83. The Morgan fingerprint density at radius 3 is 2.52 bits per heavy atom. The van der Waals surface area contributed by atoms with E-state index in [2.05, 4.69) is 10.2 Å². The molecule has 1 aromatic rings. The summed E-state index contributed by atoms with van der Waals surface area (Å²) in [5.74, 6) is 0. The maximum absolute atomic E-state index is 11.9. The SMILES string of the molecule is C[C@@H](NC(=O)OC(C)(C)C)[C@@H](C)OCc1cc(N2CCOCC2)cc([N+](=O)[O-])c1. The van der Waals surface area contributed by atoms with Crippen LogP contribution in [0.2, 0.25) is 0 Å². The van der Waals surface area contributed by atoms with Crippen LogP contribution in [0, 0.1) is 10.1 Å². The fourth-order valence-electron chi connectivity index (χ4n) is 2.83. The van der Waals surface area contributed by atoms with Gasteiger partial charge in [0.25, 0.3) is 5.69 Å². The van der Waals surface area contributed by atoms with Crippen LogP contribution in [-0.2, 0) is 20.8 Å². The van der Waals surface area contributed by atoms with Gasteiger partial charge < -0.3 is 24.4 Å². The van der Waals surface area contributed by atoms with Crippen molar-refractivity contribution in [3.63, 3.8) is 0 Å². The molecule has 2 rings (SSSR count). The van der Waals surface area contributed by atoms with Gasteiger partial charge in [-0.15, -0.1) is 0 Å². The summed E-state index contributed by atoms with van der Waals surface area (Å²) < 4.78 is 16.5. The smallest absolute Gasteiger partial charge is 0.407 e. The molecule has 0 saturated carbocycles. The topological polar surface area (TPSA) is 103 Å². The Morgan fingerprint density at radius 1 is 1.28 bits per heavy atom. The molecule has 0 spiro atoms. The lowest BCUT2D eigenvalue weighted by molar-refractivity contribution is -0.384. The van der Waals surface area contributed by atoms with Crippen molar-refractivity contribution in [2.45, 2.75) is 59.0 Å². The molecule has 1 heterocycles. The molecule has 9 heteroatoms. The Balaban J connectivity index is 2.00. The maximum Gasteiger partial charge on any atom is 0.407 e. The largest absolute Gasteiger partial charge is 0.444 e. The predicted molar refractivity (Wildman–Crippen MR) is 109 cm³/mol. The zero-order chi connectivity index (χ0) is 21.6. The van der Waals surface area contributed by atoms with Gasteiger partial charge in [-0.1, -0.05) is 0 Å². The second-order valence-corrected chi connectivity index (χ2v) is 8.17. The molecule has 0 unspecified atom stereocenters. The summed E-state index contributed by atoms with van der Waals surface area (Å²) in [6, 6.07) is 4.70. The van der Waals surface area contributed by atoms with Crippen LogP contribution >= 0.6 is 0 Å². The van der Waals surface area contributed by atoms with Crippen LogP contribution in [-0.4, -0.2) is 55.1 Å². The second-order valence-electron chi connectivity index (χ2n) is 8.17. The van der Waals surface area contributed by atoms with Gasteiger partial charge in [-0.05, 0) is 46.2 Å². The number of hydrogen-bond donors (Lipinski definition) is 1. The van der Waals surface area contributed by atoms with E-state index in [1.54, 1.807) is 26.8 Å². The molecular formula is C20H31N3O6. The highest BCUT2D eigenvalue weighted by atomic mass is 16.6. The number of nitro benzene ring substituents is 1. The molecule has 1 N–H and O–H groups in total. The maximum atomic E-state index is 11.9. The van der Waals surface area contributed by atoms with Gasteiger partial charge in [0.05, 0.1) is 36.9 Å². The third kappa shape index (κ3) is 7.51. The molecular weight excluding hydrogens is 378 g/mol. The number of carbonyl (C=O) groups excluding carboxylic acids is 1. The van der Waals surface area contributed by atoms with Crippen LogP contribution in [0.4, 0.5) is 16.2 Å². The van der Waals surface area contributed by atoms with Crippen molar-refractivity contribution in [3.8, 4) is 0 Å². The second kappa shape index (κ2) is 9.89. The molecule has 1 amide bonds. The Bertz CT molecular complexity index is 713. The number of morpholine rings is 1. The molecule has 0 aromatic heterocycles. The molecule has 1 aliphatic heterocycles. The predicted octanol–water partition coefficient (Wildman–Crippen LogP) is 3.25. The first-order valence-electron chi connectivity index (χ1n) is 9.77. The Kier molecular flexibility index (Phi) is 7.80. The number of alkyl carbamates (subject to hydrolysis) is 1. The van der Waals surface area contributed by atoms with Gasteiger partial charge in [0.1, 0.15) is 5.60 Å². The lowest BCUT2D eigenvalue weighted by Gasteiger charge is -2.29. The van der Waals surface area contributed by atoms with Crippen LogP contribution in [0.1, 0.15) is 40.2 Å². The highest BCUT2D eigenvalue weighted by Crippen LogP contribution is 2.25. The van der Waals surface area contributed by atoms with Gasteiger partial charge in [0.15, 0.2) is 0 Å². The molecule has 1 saturated heterocycles. The first-order chi connectivity index (χ1) is 13.5. The third-order valence-corrected chi connectivity index (χ3v) is 4.51. The van der Waals surface area contributed by atoms with Crippen LogP contribution in [0.5, 0.6) is 0 Å². The summed E-state index contributed by atoms with van der Waals surface area (Å²) in [5.41, 5.74) is 0.943. The minimum Gasteiger partial charge on any atom is -0.444 e. The number of amides is 1. The number of rotatable bonds is 7. The number of anilines is 1. The molecule has 2 atom stereocenters. The number of ether oxygens (including phenoxy) is 3. The average molecular weight is 409 g/mol. The highest BCUT2D eigenvalue weighted by Gasteiger charge is 2.22. The first-order valence-corrected chi connectivity index (χ1v) is 9.77. The van der Waals surface area contributed by atoms with E-state index in [1.165, 1.54) is 6.07 Å². The molecule has 1 aromatic carbocycles. The number of nitro groups is 1. The van der Waals surface area contributed by atoms with Crippen LogP contribution in [0.15, 0.2) is 18.2 Å². The van der Waals surface area contributed by atoms with E-state index >= 15 is 0 Å². The molecule has 0 radical (unpaired) electrons. The molecule has 0 bridgehead atoms. The van der Waals surface area contributed by atoms with Crippen molar-refractivity contribution < 1.29 is 23.9 Å². The number of non-ortho nitro benzene ring substituents is 1. The van der Waals surface area contributed by atoms with Crippen molar-refractivity contribution in [2.24, 2.45) is 0 Å². The van der Waals surface area contributed by atoms with E-state index < -0.39 is 16.6 Å². The average Bonchev–Trinajstić information content (AvgIpc) is 2.64. The summed E-state index contributed by atoms with van der Waals surface area (Å²) in [4.78, 5) is 24.9. The fraction of sp³-hybridized carbons (Fsp3) is 0.650. The number of hydrogen-bond acceptors (Lipinski definition) is 7. The molecule has 0 aliphatic carbocycles. The van der Waals surface area contributed by atoms with Crippen molar-refractivity contribution in [1.82, 2.24) is 5.32 Å². The molecule has 9 nitrogen and oxygen atoms in total. The third-order valence-electron chi connectivity index (χ3n) is 4.51. The number of benzene rings is 1. The van der Waals surface area contributed by atoms with E-state index in [0.29, 0.717) is 31.9 Å². The van der Waals surface area contributed by atoms with Crippen molar-refractivity contribution in [2.75, 3.05) is 31.2 Å². The van der Waals surface area contributed by atoms with Crippen LogP contribution < -0.4 is 10.2 Å². The molecule has 162 valence electrons.